The highest BCUT2D eigenvalue weighted by Crippen LogP contribution is 2.22. The number of primary sulfonamides is 1. The number of rotatable bonds is 2. The molecule has 3 rings (SSSR count). The molecule has 0 aliphatic heterocycles. The first-order valence-electron chi connectivity index (χ1n) is 6.13. The first-order valence-corrected chi connectivity index (χ1v) is 7.68. The zero-order valence-corrected chi connectivity index (χ0v) is 11.6. The van der Waals surface area contributed by atoms with Gasteiger partial charge in [0.15, 0.2) is 0 Å². The van der Waals surface area contributed by atoms with Gasteiger partial charge in [0.05, 0.1) is 16.1 Å². The van der Waals surface area contributed by atoms with Crippen molar-refractivity contribution in [2.75, 3.05) is 0 Å². The van der Waals surface area contributed by atoms with Crippen LogP contribution in [0, 0.1) is 5.82 Å². The van der Waals surface area contributed by atoms with Crippen LogP contribution in [0.25, 0.3) is 22.2 Å². The summed E-state index contributed by atoms with van der Waals surface area (Å²) in [6.45, 7) is 0. The molecule has 0 radical (unpaired) electrons. The predicted octanol–water partition coefficient (Wildman–Crippen LogP) is 2.69. The number of aromatic nitrogens is 1. The van der Waals surface area contributed by atoms with Crippen LogP contribution in [0.4, 0.5) is 4.39 Å². The summed E-state index contributed by atoms with van der Waals surface area (Å²) in [6.07, 6.45) is 0. The topological polar surface area (TPSA) is 73.1 Å². The Kier molecular flexibility index (Phi) is 3.19. The van der Waals surface area contributed by atoms with Crippen LogP contribution in [0.15, 0.2) is 59.5 Å². The number of pyridine rings is 1. The maximum atomic E-state index is 13.2. The molecule has 0 saturated heterocycles. The minimum Gasteiger partial charge on any atom is -0.248 e. The van der Waals surface area contributed by atoms with Crippen molar-refractivity contribution in [2.24, 2.45) is 5.14 Å². The maximum Gasteiger partial charge on any atom is 0.238 e. The van der Waals surface area contributed by atoms with E-state index in [1.54, 1.807) is 24.3 Å². The second-order valence-corrected chi connectivity index (χ2v) is 6.16. The lowest BCUT2D eigenvalue weighted by Gasteiger charge is -2.04. The fraction of sp³-hybridized carbons (Fsp3) is 0. The van der Waals surface area contributed by atoms with E-state index in [-0.39, 0.29) is 10.7 Å². The van der Waals surface area contributed by atoms with E-state index in [9.17, 15) is 12.8 Å². The van der Waals surface area contributed by atoms with Gasteiger partial charge in [-0.15, -0.1) is 0 Å². The normalized spacial score (nSPS) is 11.7. The molecular weight excluding hydrogens is 291 g/mol. The fourth-order valence-corrected chi connectivity index (χ4v) is 2.58. The molecule has 6 heteroatoms. The van der Waals surface area contributed by atoms with Crippen molar-refractivity contribution < 1.29 is 12.8 Å². The van der Waals surface area contributed by atoms with E-state index in [2.05, 4.69) is 4.98 Å². The number of nitrogens with zero attached hydrogens (tertiary/aromatic N) is 1. The summed E-state index contributed by atoms with van der Waals surface area (Å²) in [7, 11) is -3.71. The lowest BCUT2D eigenvalue weighted by Crippen LogP contribution is -2.11. The quantitative estimate of drug-likeness (QED) is 0.791. The van der Waals surface area contributed by atoms with Crippen LogP contribution in [-0.4, -0.2) is 13.4 Å². The van der Waals surface area contributed by atoms with E-state index in [0.29, 0.717) is 11.2 Å². The second kappa shape index (κ2) is 4.91. The third kappa shape index (κ3) is 2.76. The van der Waals surface area contributed by atoms with Crippen molar-refractivity contribution in [3.63, 3.8) is 0 Å². The highest BCUT2D eigenvalue weighted by atomic mass is 32.2. The van der Waals surface area contributed by atoms with Crippen LogP contribution >= 0.6 is 0 Å². The number of halogens is 1. The first kappa shape index (κ1) is 13.7. The second-order valence-electron chi connectivity index (χ2n) is 4.60. The van der Waals surface area contributed by atoms with Crippen LogP contribution in [0.3, 0.4) is 0 Å². The van der Waals surface area contributed by atoms with Crippen molar-refractivity contribution in [1.82, 2.24) is 4.98 Å². The summed E-state index contributed by atoms with van der Waals surface area (Å²) in [4.78, 5) is 4.42. The van der Waals surface area contributed by atoms with Crippen molar-refractivity contribution in [2.45, 2.75) is 4.90 Å². The minimum absolute atomic E-state index is 0.0399. The first-order chi connectivity index (χ1) is 9.93. The zero-order chi connectivity index (χ0) is 15.0. The molecule has 1 aromatic heterocycles. The van der Waals surface area contributed by atoms with Crippen LogP contribution in [0.1, 0.15) is 0 Å². The average Bonchev–Trinajstić information content (AvgIpc) is 2.45. The average molecular weight is 302 g/mol. The molecule has 0 fully saturated rings. The van der Waals surface area contributed by atoms with Gasteiger partial charge in [-0.05, 0) is 30.3 Å². The largest absolute Gasteiger partial charge is 0.248 e. The van der Waals surface area contributed by atoms with Gasteiger partial charge in [-0.2, -0.15) is 0 Å². The van der Waals surface area contributed by atoms with Crippen LogP contribution in [-0.2, 0) is 10.0 Å². The Morgan fingerprint density at radius 3 is 2.29 bits per heavy atom. The van der Waals surface area contributed by atoms with Gasteiger partial charge in [0.25, 0.3) is 0 Å². The molecule has 2 aromatic carbocycles. The Hall–Kier alpha value is -2.31. The van der Waals surface area contributed by atoms with E-state index < -0.39 is 10.0 Å². The Balaban J connectivity index is 2.07. The molecule has 0 aliphatic carbocycles. The van der Waals surface area contributed by atoms with Gasteiger partial charge in [-0.3, -0.25) is 0 Å². The summed E-state index contributed by atoms with van der Waals surface area (Å²) < 4.78 is 35.7. The third-order valence-electron chi connectivity index (χ3n) is 3.13. The molecule has 0 spiro atoms. The van der Waals surface area contributed by atoms with Crippen LogP contribution < -0.4 is 5.14 Å². The Bertz CT molecular complexity index is 922. The molecule has 1 heterocycles. The predicted molar refractivity (Wildman–Crippen MR) is 78.5 cm³/mol. The molecule has 0 saturated carbocycles. The summed E-state index contributed by atoms with van der Waals surface area (Å²) in [5.41, 5.74) is 1.91. The summed E-state index contributed by atoms with van der Waals surface area (Å²) >= 11 is 0. The van der Waals surface area contributed by atoms with E-state index in [1.807, 2.05) is 6.07 Å². The maximum absolute atomic E-state index is 13.2. The number of sulfonamides is 1. The van der Waals surface area contributed by atoms with Gasteiger partial charge in [0, 0.05) is 17.0 Å². The molecule has 0 atom stereocenters. The van der Waals surface area contributed by atoms with Crippen molar-refractivity contribution >= 4 is 20.9 Å². The number of benzene rings is 2. The molecule has 4 nitrogen and oxygen atoms in total. The number of hydrogen-bond acceptors (Lipinski definition) is 3. The number of nitrogens with two attached hydrogens (primary N) is 1. The van der Waals surface area contributed by atoms with Gasteiger partial charge in [-0.1, -0.05) is 18.2 Å². The van der Waals surface area contributed by atoms with E-state index in [1.165, 1.54) is 24.3 Å². The standard InChI is InChI=1S/C15H11FN2O2S/c16-12-5-1-11-4-8-14(18-15(11)9-12)10-2-6-13(7-3-10)21(17,19)20/h1-9H,(H2,17,19,20). The van der Waals surface area contributed by atoms with Gasteiger partial charge in [0.2, 0.25) is 10.0 Å². The fourth-order valence-electron chi connectivity index (χ4n) is 2.07. The highest BCUT2D eigenvalue weighted by molar-refractivity contribution is 7.89. The molecule has 21 heavy (non-hydrogen) atoms. The summed E-state index contributed by atoms with van der Waals surface area (Å²) in [5.74, 6) is -0.350. The SMILES string of the molecule is NS(=O)(=O)c1ccc(-c2ccc3ccc(F)cc3n2)cc1. The van der Waals surface area contributed by atoms with Crippen molar-refractivity contribution in [3.8, 4) is 11.3 Å². The molecule has 0 unspecified atom stereocenters. The lowest BCUT2D eigenvalue weighted by atomic mass is 10.1. The van der Waals surface area contributed by atoms with Crippen LogP contribution in [0.5, 0.6) is 0 Å². The Morgan fingerprint density at radius 1 is 0.952 bits per heavy atom. The van der Waals surface area contributed by atoms with Crippen LogP contribution in [0.2, 0.25) is 0 Å². The molecule has 3 aromatic rings. The van der Waals surface area contributed by atoms with E-state index in [4.69, 9.17) is 5.14 Å². The summed E-state index contributed by atoms with van der Waals surface area (Å²) in [6, 6.07) is 14.1. The van der Waals surface area contributed by atoms with Crippen molar-refractivity contribution in [3.05, 3.63) is 60.4 Å². The van der Waals surface area contributed by atoms with E-state index >= 15 is 0 Å². The summed E-state index contributed by atoms with van der Waals surface area (Å²) in [5, 5.41) is 5.89. The highest BCUT2D eigenvalue weighted by Gasteiger charge is 2.08. The molecule has 2 N–H and O–H groups in total. The number of hydrogen-bond donors (Lipinski definition) is 1. The molecule has 0 amide bonds. The minimum atomic E-state index is -3.71. The molecule has 0 aliphatic rings. The monoisotopic (exact) mass is 302 g/mol. The molecule has 106 valence electrons. The van der Waals surface area contributed by atoms with Gasteiger partial charge in [0.1, 0.15) is 5.82 Å². The van der Waals surface area contributed by atoms with Gasteiger partial charge < -0.3 is 0 Å². The Labute approximate surface area is 121 Å². The molecular formula is C15H11FN2O2S. The van der Waals surface area contributed by atoms with E-state index in [0.717, 1.165) is 10.9 Å². The number of fused-ring (bicyclic) bond motifs is 1. The third-order valence-corrected chi connectivity index (χ3v) is 4.06. The molecule has 0 bridgehead atoms. The zero-order valence-electron chi connectivity index (χ0n) is 10.8. The lowest BCUT2D eigenvalue weighted by molar-refractivity contribution is 0.598. The van der Waals surface area contributed by atoms with Gasteiger partial charge in [-0.25, -0.2) is 22.9 Å². The van der Waals surface area contributed by atoms with Gasteiger partial charge >= 0.3 is 0 Å². The van der Waals surface area contributed by atoms with Crippen molar-refractivity contribution in [1.29, 1.82) is 0 Å². The smallest absolute Gasteiger partial charge is 0.238 e. The Morgan fingerprint density at radius 2 is 1.62 bits per heavy atom.